The maximum atomic E-state index is 11.9. The van der Waals surface area contributed by atoms with Gasteiger partial charge >= 0.3 is 0 Å². The molecular formula is C13H18BrNOS. The molecule has 0 saturated heterocycles. The SMILES string of the molecule is C=C(NS(=O)C(C)(C)C)c1ccc(Br)c(C)c1. The minimum absolute atomic E-state index is 0.298. The van der Waals surface area contributed by atoms with Crippen LogP contribution in [0.3, 0.4) is 0 Å². The van der Waals surface area contributed by atoms with Crippen LogP contribution in [0.1, 0.15) is 31.9 Å². The van der Waals surface area contributed by atoms with Crippen LogP contribution in [-0.2, 0) is 11.0 Å². The van der Waals surface area contributed by atoms with Gasteiger partial charge in [0.1, 0.15) is 11.0 Å². The van der Waals surface area contributed by atoms with Crippen LogP contribution in [0.15, 0.2) is 29.3 Å². The molecule has 94 valence electrons. The molecule has 0 aromatic heterocycles. The average molecular weight is 316 g/mol. The molecule has 1 unspecified atom stereocenters. The zero-order valence-corrected chi connectivity index (χ0v) is 13.0. The van der Waals surface area contributed by atoms with Crippen molar-refractivity contribution in [3.63, 3.8) is 0 Å². The van der Waals surface area contributed by atoms with Crippen LogP contribution < -0.4 is 4.72 Å². The van der Waals surface area contributed by atoms with Gasteiger partial charge in [-0.3, -0.25) is 0 Å². The van der Waals surface area contributed by atoms with Gasteiger partial charge in [0.2, 0.25) is 0 Å². The second-order valence-corrected chi connectivity index (χ2v) is 7.75. The number of nitrogens with one attached hydrogen (secondary N) is 1. The molecule has 0 spiro atoms. The van der Waals surface area contributed by atoms with Crippen molar-refractivity contribution in [2.24, 2.45) is 0 Å². The Morgan fingerprint density at radius 1 is 1.41 bits per heavy atom. The first-order valence-corrected chi connectivity index (χ1v) is 7.30. The van der Waals surface area contributed by atoms with Crippen molar-refractivity contribution >= 4 is 32.6 Å². The Balaban J connectivity index is 2.84. The van der Waals surface area contributed by atoms with E-state index < -0.39 is 11.0 Å². The lowest BCUT2D eigenvalue weighted by Gasteiger charge is -2.20. The summed E-state index contributed by atoms with van der Waals surface area (Å²) in [6.07, 6.45) is 0. The van der Waals surface area contributed by atoms with E-state index in [0.717, 1.165) is 15.6 Å². The summed E-state index contributed by atoms with van der Waals surface area (Å²) in [5, 5.41) is 0. The minimum Gasteiger partial charge on any atom is -0.305 e. The van der Waals surface area contributed by atoms with Crippen molar-refractivity contribution in [2.45, 2.75) is 32.4 Å². The molecule has 1 atom stereocenters. The Bertz CT molecular complexity index is 463. The fourth-order valence-electron chi connectivity index (χ4n) is 1.16. The smallest absolute Gasteiger partial charge is 0.122 e. The first-order valence-electron chi connectivity index (χ1n) is 5.36. The van der Waals surface area contributed by atoms with Crippen LogP contribution in [0.2, 0.25) is 0 Å². The lowest BCUT2D eigenvalue weighted by molar-refractivity contribution is 0.645. The molecule has 4 heteroatoms. The summed E-state index contributed by atoms with van der Waals surface area (Å²) in [6, 6.07) is 5.93. The van der Waals surface area contributed by atoms with Gasteiger partial charge in [0.25, 0.3) is 0 Å². The van der Waals surface area contributed by atoms with Gasteiger partial charge < -0.3 is 4.72 Å². The third-order valence-electron chi connectivity index (χ3n) is 2.28. The van der Waals surface area contributed by atoms with Gasteiger partial charge in [0.05, 0.1) is 4.75 Å². The molecule has 1 aromatic carbocycles. The largest absolute Gasteiger partial charge is 0.305 e. The molecule has 1 rings (SSSR count). The van der Waals surface area contributed by atoms with Gasteiger partial charge in [0, 0.05) is 10.2 Å². The Morgan fingerprint density at radius 3 is 2.47 bits per heavy atom. The van der Waals surface area contributed by atoms with E-state index in [-0.39, 0.29) is 4.75 Å². The van der Waals surface area contributed by atoms with E-state index in [1.165, 1.54) is 0 Å². The normalized spacial score (nSPS) is 13.2. The fraction of sp³-hybridized carbons (Fsp3) is 0.385. The number of halogens is 1. The van der Waals surface area contributed by atoms with Crippen molar-refractivity contribution < 1.29 is 4.21 Å². The van der Waals surface area contributed by atoms with Crippen molar-refractivity contribution in [1.82, 2.24) is 4.72 Å². The third-order valence-corrected chi connectivity index (χ3v) is 4.71. The van der Waals surface area contributed by atoms with E-state index in [1.807, 2.05) is 45.9 Å². The number of aryl methyl sites for hydroxylation is 1. The Morgan fingerprint density at radius 2 is 2.00 bits per heavy atom. The van der Waals surface area contributed by atoms with Crippen LogP contribution in [-0.4, -0.2) is 8.96 Å². The van der Waals surface area contributed by atoms with E-state index in [1.54, 1.807) is 0 Å². The summed E-state index contributed by atoms with van der Waals surface area (Å²) in [6.45, 7) is 11.7. The number of hydrogen-bond donors (Lipinski definition) is 1. The predicted octanol–water partition coefficient (Wildman–Crippen LogP) is 3.78. The van der Waals surface area contributed by atoms with Gasteiger partial charge in [-0.1, -0.05) is 28.6 Å². The molecule has 0 aliphatic rings. The summed E-state index contributed by atoms with van der Waals surface area (Å²) < 4.78 is 15.6. The standard InChI is InChI=1S/C13H18BrNOS/c1-9-8-11(6-7-12(9)14)10(2)15-17(16)13(3,4)5/h6-8,15H,2H2,1,3-5H3. The van der Waals surface area contributed by atoms with Gasteiger partial charge in [-0.2, -0.15) is 0 Å². The fourth-order valence-corrected chi connectivity index (χ4v) is 2.05. The zero-order chi connectivity index (χ0) is 13.2. The second kappa shape index (κ2) is 5.36. The van der Waals surface area contributed by atoms with Gasteiger partial charge in [-0.05, 0) is 51.0 Å². The lowest BCUT2D eigenvalue weighted by atomic mass is 10.1. The van der Waals surface area contributed by atoms with Crippen molar-refractivity contribution in [2.75, 3.05) is 0 Å². The molecule has 1 N–H and O–H groups in total. The average Bonchev–Trinajstić information content (AvgIpc) is 2.20. The predicted molar refractivity (Wildman–Crippen MR) is 78.9 cm³/mol. The highest BCUT2D eigenvalue weighted by molar-refractivity contribution is 9.10. The maximum Gasteiger partial charge on any atom is 0.122 e. The first-order chi connectivity index (χ1) is 7.71. The summed E-state index contributed by atoms with van der Waals surface area (Å²) >= 11 is 3.45. The zero-order valence-electron chi connectivity index (χ0n) is 10.6. The number of benzene rings is 1. The maximum absolute atomic E-state index is 11.9. The van der Waals surface area contributed by atoms with E-state index in [0.29, 0.717) is 5.70 Å². The third kappa shape index (κ3) is 3.96. The summed E-state index contributed by atoms with van der Waals surface area (Å²) in [4.78, 5) is 0. The molecule has 0 heterocycles. The molecule has 0 aliphatic carbocycles. The molecule has 2 nitrogen and oxygen atoms in total. The number of rotatable bonds is 3. The van der Waals surface area contributed by atoms with E-state index in [9.17, 15) is 4.21 Å². The molecule has 0 aliphatic heterocycles. The summed E-state index contributed by atoms with van der Waals surface area (Å²) in [7, 11) is -1.14. The van der Waals surface area contributed by atoms with Gasteiger partial charge in [0.15, 0.2) is 0 Å². The van der Waals surface area contributed by atoms with Gasteiger partial charge in [-0.15, -0.1) is 0 Å². The first kappa shape index (κ1) is 14.5. The molecule has 0 amide bonds. The molecule has 0 saturated carbocycles. The van der Waals surface area contributed by atoms with Crippen molar-refractivity contribution in [3.05, 3.63) is 40.4 Å². The van der Waals surface area contributed by atoms with Crippen molar-refractivity contribution in [3.8, 4) is 0 Å². The summed E-state index contributed by atoms with van der Waals surface area (Å²) in [5.74, 6) is 0. The van der Waals surface area contributed by atoms with E-state index >= 15 is 0 Å². The molecule has 1 aromatic rings. The molecule has 0 bridgehead atoms. The van der Waals surface area contributed by atoms with Crippen LogP contribution >= 0.6 is 15.9 Å². The molecule has 0 fully saturated rings. The number of hydrogen-bond acceptors (Lipinski definition) is 1. The van der Waals surface area contributed by atoms with Crippen molar-refractivity contribution in [1.29, 1.82) is 0 Å². The monoisotopic (exact) mass is 315 g/mol. The highest BCUT2D eigenvalue weighted by atomic mass is 79.9. The highest BCUT2D eigenvalue weighted by Gasteiger charge is 2.20. The van der Waals surface area contributed by atoms with Crippen LogP contribution in [0.25, 0.3) is 5.70 Å². The molecule has 17 heavy (non-hydrogen) atoms. The van der Waals surface area contributed by atoms with Crippen LogP contribution in [0.5, 0.6) is 0 Å². The quantitative estimate of drug-likeness (QED) is 0.903. The minimum atomic E-state index is -1.14. The Hall–Kier alpha value is -0.610. The Labute approximate surface area is 114 Å². The summed E-state index contributed by atoms with van der Waals surface area (Å²) in [5.41, 5.74) is 2.78. The van der Waals surface area contributed by atoms with E-state index in [4.69, 9.17) is 0 Å². The Kier molecular flexibility index (Phi) is 4.55. The molecule has 0 radical (unpaired) electrons. The van der Waals surface area contributed by atoms with Crippen LogP contribution in [0.4, 0.5) is 0 Å². The lowest BCUT2D eigenvalue weighted by Crippen LogP contribution is -2.32. The van der Waals surface area contributed by atoms with Crippen LogP contribution in [0, 0.1) is 6.92 Å². The highest BCUT2D eigenvalue weighted by Crippen LogP contribution is 2.21. The van der Waals surface area contributed by atoms with E-state index in [2.05, 4.69) is 27.2 Å². The topological polar surface area (TPSA) is 29.1 Å². The van der Waals surface area contributed by atoms with Gasteiger partial charge in [-0.25, -0.2) is 4.21 Å². The molecular weight excluding hydrogens is 298 g/mol. The second-order valence-electron chi connectivity index (χ2n) is 4.93.